The maximum absolute atomic E-state index is 14.7. The summed E-state index contributed by atoms with van der Waals surface area (Å²) in [7, 11) is 0. The van der Waals surface area contributed by atoms with Crippen molar-refractivity contribution in [1.82, 2.24) is 0 Å². The van der Waals surface area contributed by atoms with Crippen LogP contribution in [0.2, 0.25) is 0 Å². The predicted molar refractivity (Wildman–Crippen MR) is 450 cm³/mol. The van der Waals surface area contributed by atoms with Crippen molar-refractivity contribution in [2.24, 2.45) is 5.41 Å². The number of hydrogen-bond donors (Lipinski definition) is 3. The highest BCUT2D eigenvalue weighted by Crippen LogP contribution is 2.45. The van der Waals surface area contributed by atoms with Crippen LogP contribution in [-0.4, -0.2) is 63.9 Å². The van der Waals surface area contributed by atoms with E-state index in [4.69, 9.17) is 14.2 Å². The number of aliphatic hydroxyl groups is 3. The Labute approximate surface area is 649 Å². The molecule has 620 valence electrons. The first-order valence-electron chi connectivity index (χ1n) is 47.6. The van der Waals surface area contributed by atoms with Crippen molar-refractivity contribution in [3.05, 3.63) is 0 Å². The van der Waals surface area contributed by atoms with Crippen molar-refractivity contribution in [3.8, 4) is 0 Å². The zero-order valence-corrected chi connectivity index (χ0v) is 71.4. The quantitative estimate of drug-likeness (QED) is 0.0235. The van der Waals surface area contributed by atoms with E-state index in [2.05, 4.69) is 34.6 Å². The summed E-state index contributed by atoms with van der Waals surface area (Å²) in [6.45, 7) is 13.5. The molecule has 0 aliphatic rings. The molecule has 0 saturated heterocycles. The zero-order chi connectivity index (χ0) is 75.9. The molecule has 3 atom stereocenters. The number of unbranched alkanes of at least 4 members (excludes halogenated alkanes) is 70. The first-order valence-corrected chi connectivity index (χ1v) is 47.6. The Morgan fingerprint density at radius 1 is 0.250 bits per heavy atom. The summed E-state index contributed by atoms with van der Waals surface area (Å²) in [4.78, 5) is 42.8. The monoisotopic (exact) mass is 1470 g/mol. The Bertz CT molecular complexity index is 1750. The lowest BCUT2D eigenvalue weighted by molar-refractivity contribution is -0.275. The molecule has 0 fully saturated rings. The molecule has 0 bridgehead atoms. The van der Waals surface area contributed by atoms with Gasteiger partial charge in [-0.3, -0.25) is 9.59 Å². The van der Waals surface area contributed by atoms with E-state index in [1.165, 1.54) is 340 Å². The average molecular weight is 1470 g/mol. The van der Waals surface area contributed by atoms with Crippen LogP contribution in [0.15, 0.2) is 0 Å². The van der Waals surface area contributed by atoms with Crippen molar-refractivity contribution >= 4 is 17.9 Å². The van der Waals surface area contributed by atoms with Gasteiger partial charge in [-0.25, -0.2) is 4.79 Å². The second-order valence-corrected chi connectivity index (χ2v) is 34.0. The fraction of sp³-hybridized carbons (Fsp3) is 0.968. The fourth-order valence-electron chi connectivity index (χ4n) is 16.1. The highest BCUT2D eigenvalue weighted by Gasteiger charge is 2.52. The summed E-state index contributed by atoms with van der Waals surface area (Å²) in [6.07, 6.45) is 91.3. The van der Waals surface area contributed by atoms with Crippen molar-refractivity contribution in [3.63, 3.8) is 0 Å². The van der Waals surface area contributed by atoms with Gasteiger partial charge in [-0.1, -0.05) is 497 Å². The van der Waals surface area contributed by atoms with Gasteiger partial charge >= 0.3 is 17.9 Å². The molecule has 0 aromatic rings. The van der Waals surface area contributed by atoms with E-state index in [0.29, 0.717) is 32.1 Å². The maximum atomic E-state index is 14.7. The Morgan fingerprint density at radius 2 is 0.452 bits per heavy atom. The second kappa shape index (κ2) is 79.4. The van der Waals surface area contributed by atoms with Crippen LogP contribution in [0.25, 0.3) is 0 Å². The molecule has 0 radical (unpaired) electrons. The minimum absolute atomic E-state index is 0.0818. The lowest BCUT2D eigenvalue weighted by Crippen LogP contribution is -2.55. The lowest BCUT2D eigenvalue weighted by atomic mass is 9.69. The molecule has 0 aromatic heterocycles. The van der Waals surface area contributed by atoms with E-state index in [1.54, 1.807) is 0 Å². The van der Waals surface area contributed by atoms with Gasteiger partial charge < -0.3 is 29.5 Å². The Kier molecular flexibility index (Phi) is 78.1. The highest BCUT2D eigenvalue weighted by atomic mass is 16.6. The van der Waals surface area contributed by atoms with Crippen LogP contribution in [0.5, 0.6) is 0 Å². The van der Waals surface area contributed by atoms with Gasteiger partial charge in [0.1, 0.15) is 6.10 Å². The molecule has 0 aliphatic carbocycles. The van der Waals surface area contributed by atoms with Crippen molar-refractivity contribution < 1.29 is 43.9 Å². The van der Waals surface area contributed by atoms with Crippen LogP contribution in [0.4, 0.5) is 0 Å². The van der Waals surface area contributed by atoms with Crippen molar-refractivity contribution in [2.75, 3.05) is 13.2 Å². The molecule has 0 heterocycles. The van der Waals surface area contributed by atoms with Crippen molar-refractivity contribution in [1.29, 1.82) is 0 Å². The molecule has 9 nitrogen and oxygen atoms in total. The van der Waals surface area contributed by atoms with Crippen LogP contribution in [0.1, 0.15) is 555 Å². The summed E-state index contributed by atoms with van der Waals surface area (Å²) >= 11 is 0. The summed E-state index contributed by atoms with van der Waals surface area (Å²) in [5.74, 6) is -4.72. The smallest absolute Gasteiger partial charge is 0.339 e. The largest absolute Gasteiger partial charge is 0.466 e. The second-order valence-electron chi connectivity index (χ2n) is 34.0. The first kappa shape index (κ1) is 102. The zero-order valence-electron chi connectivity index (χ0n) is 71.4. The molecule has 0 aliphatic heterocycles. The van der Waals surface area contributed by atoms with E-state index >= 15 is 0 Å². The number of carbonyl (C=O) groups is 3. The van der Waals surface area contributed by atoms with Gasteiger partial charge in [0.15, 0.2) is 11.4 Å². The molecule has 0 aromatic carbocycles. The lowest BCUT2D eigenvalue weighted by Gasteiger charge is -2.46. The molecule has 9 heteroatoms. The predicted octanol–water partition coefficient (Wildman–Crippen LogP) is 30.7. The molecule has 0 spiro atoms. The van der Waals surface area contributed by atoms with Crippen LogP contribution >= 0.6 is 0 Å². The van der Waals surface area contributed by atoms with Gasteiger partial charge in [-0.2, -0.15) is 0 Å². The number of ether oxygens (including phenoxy) is 3. The minimum Gasteiger partial charge on any atom is -0.466 e. The molecule has 3 unspecified atom stereocenters. The average Bonchev–Trinajstić information content (AvgIpc) is 0.778. The van der Waals surface area contributed by atoms with Crippen molar-refractivity contribution in [2.45, 2.75) is 573 Å². The normalized spacial score (nSPS) is 13.4. The molecular formula is C95H186O9. The van der Waals surface area contributed by atoms with E-state index < -0.39 is 53.7 Å². The Morgan fingerprint density at radius 3 is 0.712 bits per heavy atom. The van der Waals surface area contributed by atoms with Gasteiger partial charge in [-0.05, 0) is 38.5 Å². The van der Waals surface area contributed by atoms with Gasteiger partial charge in [0.05, 0.1) is 31.5 Å². The van der Waals surface area contributed by atoms with E-state index in [0.717, 1.165) is 122 Å². The Balaban J connectivity index is 5.98. The van der Waals surface area contributed by atoms with Gasteiger partial charge in [-0.15, -0.1) is 0 Å². The minimum atomic E-state index is -2.51. The molecule has 0 rings (SSSR count). The number of carbonyl (C=O) groups excluding carboxylic acids is 3. The number of rotatable bonds is 88. The van der Waals surface area contributed by atoms with E-state index in [-0.39, 0.29) is 19.6 Å². The SMILES string of the molecule is CCCCCCCCCCCCCCCCCCCCCCOC(=O)CC(O)(CC(=O)OC(CCCCCCCCCCCCCCCCCCCCC)C(C)(CCCCCCCC)C(O)(O)CCCCCCCCCCCC)C(=O)OCCCCCCCCCCCCCCCCCCCCCC. The standard InChI is InChI=1S/C95H186O9/c1-7-12-17-22-27-31-35-38-41-44-47-50-53-56-59-62-66-70-75-80-85-102-90(96)87-94(99,92(98)103-86-81-76-71-67-63-60-57-54-51-48-45-42-39-36-32-28-23-18-13-8-2)88-91(97)104-89(82-77-72-68-64-61-58-55-52-49-46-43-40-37-33-29-24-19-14-9-3)93(6,83-78-73-26-21-16-11-5)95(100,101)84-79-74-69-65-34-30-25-20-15-10-4/h89,99-101H,7-88H2,1-6H3. The van der Waals surface area contributed by atoms with Crippen LogP contribution < -0.4 is 0 Å². The molecular weight excluding hydrogens is 1290 g/mol. The summed E-state index contributed by atoms with van der Waals surface area (Å²) in [5, 5.41) is 37.4. The van der Waals surface area contributed by atoms with Crippen LogP contribution in [0.3, 0.4) is 0 Å². The summed E-state index contributed by atoms with van der Waals surface area (Å²) in [5.41, 5.74) is -3.73. The molecule has 0 amide bonds. The topological polar surface area (TPSA) is 140 Å². The van der Waals surface area contributed by atoms with E-state index in [9.17, 15) is 29.7 Å². The third-order valence-electron chi connectivity index (χ3n) is 23.6. The van der Waals surface area contributed by atoms with Gasteiger partial charge in [0.25, 0.3) is 0 Å². The third-order valence-corrected chi connectivity index (χ3v) is 23.6. The third kappa shape index (κ3) is 66.1. The highest BCUT2D eigenvalue weighted by molar-refractivity contribution is 5.90. The Hall–Kier alpha value is -1.71. The molecule has 104 heavy (non-hydrogen) atoms. The van der Waals surface area contributed by atoms with Gasteiger partial charge in [0, 0.05) is 6.42 Å². The maximum Gasteiger partial charge on any atom is 0.339 e. The molecule has 0 saturated carbocycles. The summed E-state index contributed by atoms with van der Waals surface area (Å²) in [6, 6.07) is 0. The fourth-order valence-corrected chi connectivity index (χ4v) is 16.1. The van der Waals surface area contributed by atoms with E-state index in [1.807, 2.05) is 6.92 Å². The van der Waals surface area contributed by atoms with Crippen LogP contribution in [0, 0.1) is 5.41 Å². The number of hydrogen-bond acceptors (Lipinski definition) is 9. The van der Waals surface area contributed by atoms with Crippen LogP contribution in [-0.2, 0) is 28.6 Å². The van der Waals surface area contributed by atoms with Gasteiger partial charge in [0.2, 0.25) is 0 Å². The summed E-state index contributed by atoms with van der Waals surface area (Å²) < 4.78 is 18.1. The number of esters is 3. The first-order chi connectivity index (χ1) is 50.9. The molecule has 3 N–H and O–H groups in total.